The van der Waals surface area contributed by atoms with Gasteiger partial charge in [0.25, 0.3) is 0 Å². The van der Waals surface area contributed by atoms with Crippen LogP contribution in [0.5, 0.6) is 0 Å². The summed E-state index contributed by atoms with van der Waals surface area (Å²) in [5.41, 5.74) is 0.780. The first-order valence-corrected chi connectivity index (χ1v) is 17.5. The molecule has 0 radical (unpaired) electrons. The molecule has 2 aliphatic rings. The number of fused-ring (bicyclic) bond motifs is 1. The summed E-state index contributed by atoms with van der Waals surface area (Å²) in [7, 11) is -1.98. The normalized spacial score (nSPS) is 23.5. The highest BCUT2D eigenvalue weighted by Crippen LogP contribution is 2.47. The summed E-state index contributed by atoms with van der Waals surface area (Å²) in [6.07, 6.45) is 6.49. The molecular formula is C30H50N2O3SSi. The highest BCUT2D eigenvalue weighted by atomic mass is 32.1. The van der Waals surface area contributed by atoms with E-state index in [4.69, 9.17) is 21.4 Å². The molecule has 5 nitrogen and oxygen atoms in total. The van der Waals surface area contributed by atoms with Gasteiger partial charge >= 0.3 is 6.09 Å². The molecule has 208 valence electrons. The number of nitrogens with zero attached hydrogens (tertiary/aromatic N) is 1. The van der Waals surface area contributed by atoms with Crippen LogP contribution in [-0.2, 0) is 9.16 Å². The van der Waals surface area contributed by atoms with Crippen molar-refractivity contribution in [3.8, 4) is 0 Å². The van der Waals surface area contributed by atoms with E-state index >= 15 is 0 Å². The molecule has 2 fully saturated rings. The van der Waals surface area contributed by atoms with E-state index in [-0.39, 0.29) is 17.2 Å². The summed E-state index contributed by atoms with van der Waals surface area (Å²) in [5.74, 6) is 1.09. The Labute approximate surface area is 232 Å². The first kappa shape index (κ1) is 30.1. The minimum Gasteiger partial charge on any atom is -0.444 e. The first-order valence-electron chi connectivity index (χ1n) is 14.2. The average molecular weight is 547 g/mol. The number of benzene rings is 1. The summed E-state index contributed by atoms with van der Waals surface area (Å²) in [6.45, 7) is 18.7. The lowest BCUT2D eigenvalue weighted by Gasteiger charge is -2.41. The topological polar surface area (TPSA) is 50.8 Å². The Hall–Kier alpha value is -1.44. The monoisotopic (exact) mass is 546 g/mol. The number of carbonyl (C=O) groups is 1. The van der Waals surface area contributed by atoms with Crippen LogP contribution in [0, 0.1) is 11.8 Å². The molecule has 0 bridgehead atoms. The van der Waals surface area contributed by atoms with Crippen molar-refractivity contribution in [2.45, 2.75) is 116 Å². The predicted octanol–water partition coefficient (Wildman–Crippen LogP) is 7.87. The molecule has 0 spiro atoms. The van der Waals surface area contributed by atoms with E-state index in [2.05, 4.69) is 74.4 Å². The molecule has 1 saturated carbocycles. The Morgan fingerprint density at radius 3 is 2.38 bits per heavy atom. The van der Waals surface area contributed by atoms with Gasteiger partial charge in [0.15, 0.2) is 8.32 Å². The quantitative estimate of drug-likeness (QED) is 0.194. The molecule has 37 heavy (non-hydrogen) atoms. The van der Waals surface area contributed by atoms with Gasteiger partial charge in [-0.1, -0.05) is 76.2 Å². The number of carbonyl (C=O) groups excluding carboxylic acids is 1. The van der Waals surface area contributed by atoms with Gasteiger partial charge in [0.1, 0.15) is 5.60 Å². The molecular weight excluding hydrogens is 496 g/mol. The molecule has 1 heterocycles. The number of hydrogen-bond donors (Lipinski definition) is 1. The van der Waals surface area contributed by atoms with Crippen LogP contribution in [0.2, 0.25) is 18.1 Å². The summed E-state index contributed by atoms with van der Waals surface area (Å²) >= 11 is 6.11. The van der Waals surface area contributed by atoms with E-state index < -0.39 is 13.9 Å². The fourth-order valence-electron chi connectivity index (χ4n) is 5.54. The van der Waals surface area contributed by atoms with Crippen LogP contribution in [-0.4, -0.2) is 49.0 Å². The molecule has 1 aliphatic carbocycles. The van der Waals surface area contributed by atoms with Crippen LogP contribution in [0.3, 0.4) is 0 Å². The van der Waals surface area contributed by atoms with Crippen molar-refractivity contribution in [1.29, 1.82) is 0 Å². The van der Waals surface area contributed by atoms with Gasteiger partial charge < -0.3 is 19.4 Å². The first-order chi connectivity index (χ1) is 17.2. The van der Waals surface area contributed by atoms with Crippen LogP contribution >= 0.6 is 12.2 Å². The minimum absolute atomic E-state index is 0.0537. The van der Waals surface area contributed by atoms with E-state index in [1.807, 2.05) is 20.8 Å². The highest BCUT2D eigenvalue weighted by molar-refractivity contribution is 7.80. The zero-order valence-corrected chi connectivity index (χ0v) is 26.2. The number of alkyl carbamates (subject to hydrolysis) is 1. The number of ether oxygens (including phenoxy) is 1. The zero-order chi connectivity index (χ0) is 27.4. The van der Waals surface area contributed by atoms with Crippen molar-refractivity contribution in [1.82, 2.24) is 10.2 Å². The fourth-order valence-corrected chi connectivity index (χ4v) is 7.35. The molecule has 7 heteroatoms. The van der Waals surface area contributed by atoms with Crippen LogP contribution in [0.15, 0.2) is 30.3 Å². The van der Waals surface area contributed by atoms with Gasteiger partial charge in [0.05, 0.1) is 11.1 Å². The standard InChI is InChI=1S/C30H50N2O3SSi/c1-29(2,3)34-28(33)31-19-14-20-32-25(23-17-12-13-18-24(23)27(32)36)21-26(22-15-10-9-11-16-22)35-37(7,8)30(4,5)6/h9-11,15-16,23-26H,12-14,17-21H2,1-8H3,(H,31,33)/t23-,24+,25-,26+/m1/s1. The van der Waals surface area contributed by atoms with Crippen molar-refractivity contribution in [3.05, 3.63) is 35.9 Å². The van der Waals surface area contributed by atoms with Gasteiger partial charge in [-0.2, -0.15) is 0 Å². The molecule has 0 aromatic heterocycles. The maximum atomic E-state index is 12.1. The highest BCUT2D eigenvalue weighted by Gasteiger charge is 2.47. The van der Waals surface area contributed by atoms with Crippen molar-refractivity contribution in [2.24, 2.45) is 11.8 Å². The number of amides is 1. The Kier molecular flexibility index (Phi) is 9.90. The van der Waals surface area contributed by atoms with Gasteiger partial charge in [0, 0.05) is 25.0 Å². The number of rotatable bonds is 9. The van der Waals surface area contributed by atoms with Crippen molar-refractivity contribution >= 4 is 31.6 Å². The third-order valence-electron chi connectivity index (χ3n) is 8.43. The summed E-state index contributed by atoms with van der Waals surface area (Å²) in [5, 5.41) is 3.06. The molecule has 1 aliphatic heterocycles. The van der Waals surface area contributed by atoms with Crippen LogP contribution < -0.4 is 5.32 Å². The van der Waals surface area contributed by atoms with E-state index in [0.717, 1.165) is 24.4 Å². The minimum atomic E-state index is -1.98. The summed E-state index contributed by atoms with van der Waals surface area (Å²) < 4.78 is 12.5. The maximum absolute atomic E-state index is 12.1. The number of hydrogen-bond acceptors (Lipinski definition) is 4. The second-order valence-corrected chi connectivity index (χ2v) is 18.6. The molecule has 3 rings (SSSR count). The Morgan fingerprint density at radius 1 is 1.11 bits per heavy atom. The molecule has 0 unspecified atom stereocenters. The molecule has 1 aromatic rings. The van der Waals surface area contributed by atoms with E-state index in [0.29, 0.717) is 24.4 Å². The third kappa shape index (κ3) is 8.03. The van der Waals surface area contributed by atoms with Crippen molar-refractivity contribution < 1.29 is 14.0 Å². The molecule has 1 amide bonds. The zero-order valence-electron chi connectivity index (χ0n) is 24.4. The summed E-state index contributed by atoms with van der Waals surface area (Å²) in [4.78, 5) is 15.7. The lowest BCUT2D eigenvalue weighted by molar-refractivity contribution is 0.0525. The van der Waals surface area contributed by atoms with Crippen LogP contribution in [0.4, 0.5) is 4.79 Å². The van der Waals surface area contributed by atoms with Gasteiger partial charge in [-0.3, -0.25) is 0 Å². The number of thiocarbonyl (C=S) groups is 1. The van der Waals surface area contributed by atoms with Crippen LogP contribution in [0.25, 0.3) is 0 Å². The SMILES string of the molecule is CC(C)(C)OC(=O)NCCCN1C(=S)[C@H]2CCCC[C@H]2[C@H]1C[C@H](O[Si](C)(C)C(C)(C)C)c1ccccc1. The van der Waals surface area contributed by atoms with Gasteiger partial charge in [-0.15, -0.1) is 0 Å². The Morgan fingerprint density at radius 2 is 1.76 bits per heavy atom. The van der Waals surface area contributed by atoms with Gasteiger partial charge in [0.2, 0.25) is 0 Å². The van der Waals surface area contributed by atoms with Crippen LogP contribution in [0.1, 0.15) is 91.7 Å². The van der Waals surface area contributed by atoms with Crippen molar-refractivity contribution in [3.63, 3.8) is 0 Å². The third-order valence-corrected chi connectivity index (χ3v) is 13.5. The predicted molar refractivity (Wildman–Crippen MR) is 159 cm³/mol. The number of likely N-dealkylation sites (tertiary alicyclic amines) is 1. The Balaban J connectivity index is 1.77. The van der Waals surface area contributed by atoms with E-state index in [1.54, 1.807) is 0 Å². The number of nitrogens with one attached hydrogen (secondary N) is 1. The van der Waals surface area contributed by atoms with E-state index in [9.17, 15) is 4.79 Å². The van der Waals surface area contributed by atoms with E-state index in [1.165, 1.54) is 31.2 Å². The summed E-state index contributed by atoms with van der Waals surface area (Å²) in [6, 6.07) is 11.1. The molecule has 1 saturated heterocycles. The smallest absolute Gasteiger partial charge is 0.407 e. The lowest BCUT2D eigenvalue weighted by atomic mass is 9.77. The average Bonchev–Trinajstić information content (AvgIpc) is 3.06. The Bertz CT molecular complexity index is 910. The largest absolute Gasteiger partial charge is 0.444 e. The second kappa shape index (κ2) is 12.2. The maximum Gasteiger partial charge on any atom is 0.407 e. The lowest BCUT2D eigenvalue weighted by Crippen LogP contribution is -2.44. The second-order valence-electron chi connectivity index (χ2n) is 13.4. The fraction of sp³-hybridized carbons (Fsp3) is 0.733. The van der Waals surface area contributed by atoms with Crippen molar-refractivity contribution in [2.75, 3.05) is 13.1 Å². The molecule has 4 atom stereocenters. The molecule has 1 aromatic carbocycles. The van der Waals surface area contributed by atoms with Gasteiger partial charge in [-0.25, -0.2) is 4.79 Å². The van der Waals surface area contributed by atoms with Gasteiger partial charge in [-0.05, 0) is 76.1 Å². The molecule has 1 N–H and O–H groups in total.